The van der Waals surface area contributed by atoms with Crippen molar-refractivity contribution in [3.05, 3.63) is 30.2 Å². The second-order valence-electron chi connectivity index (χ2n) is 2.74. The van der Waals surface area contributed by atoms with Crippen LogP contribution in [0.3, 0.4) is 0 Å². The summed E-state index contributed by atoms with van der Waals surface area (Å²) in [5.74, 6) is 0.215. The number of rotatable bonds is 0. The molecule has 2 rings (SSSR count). The van der Waals surface area contributed by atoms with Gasteiger partial charge in [0.2, 0.25) is 0 Å². The zero-order valence-corrected chi connectivity index (χ0v) is 6.65. The average Bonchev–Trinajstić information content (AvgIpc) is 2.04. The lowest BCUT2D eigenvalue weighted by Crippen LogP contribution is -1.82. The third-order valence-corrected chi connectivity index (χ3v) is 1.73. The number of aryl methyl sites for hydroxylation is 1. The fraction of sp³-hybridized carbons (Fsp3) is 0.111. The standard InChI is InChI=1S/C9H8N2O/c1-6-2-7-4-10-5-11-9(7)8(12)3-6/h2-5,12H,1H3. The van der Waals surface area contributed by atoms with Gasteiger partial charge in [-0.15, -0.1) is 0 Å². The van der Waals surface area contributed by atoms with Crippen molar-refractivity contribution in [3.63, 3.8) is 0 Å². The van der Waals surface area contributed by atoms with Gasteiger partial charge in [0.25, 0.3) is 0 Å². The summed E-state index contributed by atoms with van der Waals surface area (Å²) in [4.78, 5) is 7.83. The summed E-state index contributed by atoms with van der Waals surface area (Å²) < 4.78 is 0. The molecular weight excluding hydrogens is 152 g/mol. The molecule has 1 N–H and O–H groups in total. The molecule has 1 aromatic heterocycles. The van der Waals surface area contributed by atoms with Gasteiger partial charge in [0.1, 0.15) is 17.6 Å². The maximum absolute atomic E-state index is 9.46. The Balaban J connectivity index is 2.89. The maximum atomic E-state index is 9.46. The molecule has 0 bridgehead atoms. The van der Waals surface area contributed by atoms with Crippen LogP contribution in [0.1, 0.15) is 5.56 Å². The molecule has 0 amide bonds. The molecule has 0 aliphatic carbocycles. The highest BCUT2D eigenvalue weighted by Crippen LogP contribution is 2.22. The molecule has 1 heterocycles. The molecule has 60 valence electrons. The van der Waals surface area contributed by atoms with E-state index < -0.39 is 0 Å². The Morgan fingerprint density at radius 3 is 3.00 bits per heavy atom. The fourth-order valence-corrected chi connectivity index (χ4v) is 1.23. The molecule has 0 saturated heterocycles. The van der Waals surface area contributed by atoms with Gasteiger partial charge in [0, 0.05) is 11.6 Å². The van der Waals surface area contributed by atoms with Gasteiger partial charge >= 0.3 is 0 Å². The number of aromatic nitrogens is 2. The van der Waals surface area contributed by atoms with E-state index in [0.29, 0.717) is 5.52 Å². The van der Waals surface area contributed by atoms with Gasteiger partial charge in [-0.1, -0.05) is 0 Å². The largest absolute Gasteiger partial charge is 0.506 e. The number of fused-ring (bicyclic) bond motifs is 1. The number of phenols is 1. The predicted octanol–water partition coefficient (Wildman–Crippen LogP) is 1.64. The first-order valence-corrected chi connectivity index (χ1v) is 3.67. The van der Waals surface area contributed by atoms with E-state index in [-0.39, 0.29) is 5.75 Å². The van der Waals surface area contributed by atoms with E-state index in [1.807, 2.05) is 13.0 Å². The summed E-state index contributed by atoms with van der Waals surface area (Å²) in [6, 6.07) is 3.63. The molecule has 2 aromatic rings. The Morgan fingerprint density at radius 2 is 2.17 bits per heavy atom. The Kier molecular flexibility index (Phi) is 1.43. The first-order valence-electron chi connectivity index (χ1n) is 3.67. The first kappa shape index (κ1) is 7.03. The van der Waals surface area contributed by atoms with Crippen molar-refractivity contribution < 1.29 is 5.11 Å². The second kappa shape index (κ2) is 2.44. The number of hydrogen-bond donors (Lipinski definition) is 1. The number of hydrogen-bond acceptors (Lipinski definition) is 3. The molecule has 0 saturated carbocycles. The number of benzene rings is 1. The lowest BCUT2D eigenvalue weighted by atomic mass is 10.1. The van der Waals surface area contributed by atoms with Crippen molar-refractivity contribution in [2.75, 3.05) is 0 Å². The van der Waals surface area contributed by atoms with Crippen LogP contribution in [0.2, 0.25) is 0 Å². The normalized spacial score (nSPS) is 10.4. The molecule has 3 heteroatoms. The van der Waals surface area contributed by atoms with Gasteiger partial charge < -0.3 is 5.11 Å². The van der Waals surface area contributed by atoms with E-state index in [1.54, 1.807) is 12.3 Å². The van der Waals surface area contributed by atoms with Crippen molar-refractivity contribution in [2.45, 2.75) is 6.92 Å². The lowest BCUT2D eigenvalue weighted by Gasteiger charge is -1.99. The fourth-order valence-electron chi connectivity index (χ4n) is 1.23. The molecule has 1 aromatic carbocycles. The monoisotopic (exact) mass is 160 g/mol. The summed E-state index contributed by atoms with van der Waals surface area (Å²) in [5, 5.41) is 10.3. The number of phenolic OH excluding ortho intramolecular Hbond substituents is 1. The molecule has 0 spiro atoms. The van der Waals surface area contributed by atoms with Crippen molar-refractivity contribution in [1.29, 1.82) is 0 Å². The molecule has 0 fully saturated rings. The van der Waals surface area contributed by atoms with E-state index >= 15 is 0 Å². The molecule has 12 heavy (non-hydrogen) atoms. The highest BCUT2D eigenvalue weighted by Gasteiger charge is 2.00. The average molecular weight is 160 g/mol. The second-order valence-corrected chi connectivity index (χ2v) is 2.74. The van der Waals surface area contributed by atoms with Crippen LogP contribution in [-0.4, -0.2) is 15.1 Å². The smallest absolute Gasteiger partial charge is 0.142 e. The van der Waals surface area contributed by atoms with Crippen LogP contribution in [0.5, 0.6) is 5.75 Å². The molecular formula is C9H8N2O. The minimum absolute atomic E-state index is 0.215. The topological polar surface area (TPSA) is 46.0 Å². The Hall–Kier alpha value is -1.64. The molecule has 0 unspecified atom stereocenters. The maximum Gasteiger partial charge on any atom is 0.142 e. The Labute approximate surface area is 69.7 Å². The quantitative estimate of drug-likeness (QED) is 0.637. The van der Waals surface area contributed by atoms with Gasteiger partial charge in [-0.3, -0.25) is 0 Å². The minimum Gasteiger partial charge on any atom is -0.506 e. The summed E-state index contributed by atoms with van der Waals surface area (Å²) in [5.41, 5.74) is 1.62. The number of nitrogens with zero attached hydrogens (tertiary/aromatic N) is 2. The van der Waals surface area contributed by atoms with Gasteiger partial charge in [0.05, 0.1) is 0 Å². The summed E-state index contributed by atoms with van der Waals surface area (Å²) in [6.07, 6.45) is 3.12. The van der Waals surface area contributed by atoms with Crippen molar-refractivity contribution in [1.82, 2.24) is 9.97 Å². The summed E-state index contributed by atoms with van der Waals surface area (Å²) >= 11 is 0. The van der Waals surface area contributed by atoms with Crippen LogP contribution in [0, 0.1) is 6.92 Å². The highest BCUT2D eigenvalue weighted by molar-refractivity contribution is 5.83. The lowest BCUT2D eigenvalue weighted by molar-refractivity contribution is 0.480. The first-order chi connectivity index (χ1) is 5.77. The van der Waals surface area contributed by atoms with Gasteiger partial charge in [-0.05, 0) is 24.6 Å². The van der Waals surface area contributed by atoms with Gasteiger partial charge in [-0.2, -0.15) is 0 Å². The van der Waals surface area contributed by atoms with Gasteiger partial charge in [-0.25, -0.2) is 9.97 Å². The zero-order valence-electron chi connectivity index (χ0n) is 6.65. The number of aromatic hydroxyl groups is 1. The molecule has 0 aliphatic rings. The van der Waals surface area contributed by atoms with Crippen LogP contribution >= 0.6 is 0 Å². The SMILES string of the molecule is Cc1cc(O)c2ncncc2c1. The van der Waals surface area contributed by atoms with E-state index in [1.165, 1.54) is 6.33 Å². The van der Waals surface area contributed by atoms with Crippen LogP contribution in [0.4, 0.5) is 0 Å². The minimum atomic E-state index is 0.215. The van der Waals surface area contributed by atoms with Crippen LogP contribution < -0.4 is 0 Å². The van der Waals surface area contributed by atoms with Crippen LogP contribution in [-0.2, 0) is 0 Å². The third-order valence-electron chi connectivity index (χ3n) is 1.73. The highest BCUT2D eigenvalue weighted by atomic mass is 16.3. The summed E-state index contributed by atoms with van der Waals surface area (Å²) in [6.45, 7) is 1.92. The van der Waals surface area contributed by atoms with E-state index in [4.69, 9.17) is 0 Å². The van der Waals surface area contributed by atoms with Crippen LogP contribution in [0.15, 0.2) is 24.7 Å². The zero-order chi connectivity index (χ0) is 8.55. The molecule has 0 aliphatic heterocycles. The van der Waals surface area contributed by atoms with Gasteiger partial charge in [0.15, 0.2) is 0 Å². The molecule has 0 radical (unpaired) electrons. The van der Waals surface area contributed by atoms with E-state index in [9.17, 15) is 5.11 Å². The predicted molar refractivity (Wildman–Crippen MR) is 45.9 cm³/mol. The molecule has 3 nitrogen and oxygen atoms in total. The third kappa shape index (κ3) is 0.993. The van der Waals surface area contributed by atoms with Crippen molar-refractivity contribution >= 4 is 10.9 Å². The molecule has 0 atom stereocenters. The Bertz CT molecular complexity index is 426. The van der Waals surface area contributed by atoms with Crippen molar-refractivity contribution in [2.24, 2.45) is 0 Å². The van der Waals surface area contributed by atoms with Crippen LogP contribution in [0.25, 0.3) is 10.9 Å². The Morgan fingerprint density at radius 1 is 1.33 bits per heavy atom. The van der Waals surface area contributed by atoms with E-state index in [0.717, 1.165) is 10.9 Å². The summed E-state index contributed by atoms with van der Waals surface area (Å²) in [7, 11) is 0. The van der Waals surface area contributed by atoms with E-state index in [2.05, 4.69) is 9.97 Å². The van der Waals surface area contributed by atoms with Crippen molar-refractivity contribution in [3.8, 4) is 5.75 Å².